The first-order chi connectivity index (χ1) is 11.7. The molecule has 1 amide bonds. The number of carbonyl (C=O) groups is 1. The fraction of sp³-hybridized carbons (Fsp3) is 0.350. The van der Waals surface area contributed by atoms with E-state index in [-0.39, 0.29) is 5.91 Å². The zero-order valence-corrected chi connectivity index (χ0v) is 14.0. The molecular weight excluding hydrogens is 302 g/mol. The summed E-state index contributed by atoms with van der Waals surface area (Å²) in [6.07, 6.45) is 3.92. The van der Waals surface area contributed by atoms with E-state index in [1.807, 2.05) is 30.3 Å². The highest BCUT2D eigenvalue weighted by Crippen LogP contribution is 2.25. The van der Waals surface area contributed by atoms with Crippen molar-refractivity contribution in [2.75, 3.05) is 20.3 Å². The van der Waals surface area contributed by atoms with Crippen molar-refractivity contribution in [2.24, 2.45) is 0 Å². The summed E-state index contributed by atoms with van der Waals surface area (Å²) in [4.78, 5) is 11.9. The molecule has 0 spiro atoms. The van der Waals surface area contributed by atoms with Gasteiger partial charge in [0, 0.05) is 0 Å². The zero-order valence-electron chi connectivity index (χ0n) is 14.0. The van der Waals surface area contributed by atoms with Crippen molar-refractivity contribution in [2.45, 2.75) is 25.7 Å². The second-order valence-corrected chi connectivity index (χ2v) is 6.01. The lowest BCUT2D eigenvalue weighted by atomic mass is 10.1. The van der Waals surface area contributed by atoms with Crippen LogP contribution in [0.1, 0.15) is 23.1 Å². The van der Waals surface area contributed by atoms with Gasteiger partial charge in [0.05, 0.1) is 20.1 Å². The first-order valence-corrected chi connectivity index (χ1v) is 8.39. The molecule has 24 heavy (non-hydrogen) atoms. The van der Waals surface area contributed by atoms with E-state index in [0.717, 1.165) is 23.5 Å². The zero-order chi connectivity index (χ0) is 16.8. The molecule has 1 aliphatic carbocycles. The summed E-state index contributed by atoms with van der Waals surface area (Å²) in [5.41, 5.74) is 3.80. The molecule has 2 aromatic carbocycles. The summed E-state index contributed by atoms with van der Waals surface area (Å²) >= 11 is 0. The molecule has 0 fully saturated rings. The Balaban J connectivity index is 1.38. The Kier molecular flexibility index (Phi) is 5.36. The van der Waals surface area contributed by atoms with Gasteiger partial charge in [-0.25, -0.2) is 0 Å². The average Bonchev–Trinajstić information content (AvgIpc) is 3.07. The SMILES string of the molecule is COc1ccc(CC(=O)NCCOc2ccc3c(c2)CCC3)cc1. The molecule has 1 N–H and O–H groups in total. The van der Waals surface area contributed by atoms with E-state index < -0.39 is 0 Å². The minimum absolute atomic E-state index is 0.00211. The number of benzene rings is 2. The van der Waals surface area contributed by atoms with E-state index >= 15 is 0 Å². The van der Waals surface area contributed by atoms with E-state index in [0.29, 0.717) is 19.6 Å². The molecule has 0 aliphatic heterocycles. The van der Waals surface area contributed by atoms with Gasteiger partial charge in [0.2, 0.25) is 5.91 Å². The molecule has 0 aromatic heterocycles. The van der Waals surface area contributed by atoms with Gasteiger partial charge in [-0.15, -0.1) is 0 Å². The van der Waals surface area contributed by atoms with Crippen molar-refractivity contribution in [1.29, 1.82) is 0 Å². The van der Waals surface area contributed by atoms with E-state index in [9.17, 15) is 4.79 Å². The van der Waals surface area contributed by atoms with Crippen LogP contribution in [0.3, 0.4) is 0 Å². The van der Waals surface area contributed by atoms with Gasteiger partial charge in [-0.2, -0.15) is 0 Å². The third-order valence-corrected chi connectivity index (χ3v) is 4.29. The molecule has 0 atom stereocenters. The van der Waals surface area contributed by atoms with Crippen LogP contribution in [0.2, 0.25) is 0 Å². The molecule has 0 heterocycles. The standard InChI is InChI=1S/C20H23NO3/c1-23-18-8-5-15(6-9-18)13-20(22)21-11-12-24-19-10-7-16-3-2-4-17(16)14-19/h5-10,14H,2-4,11-13H2,1H3,(H,21,22). The third-order valence-electron chi connectivity index (χ3n) is 4.29. The molecule has 0 saturated carbocycles. The van der Waals surface area contributed by atoms with Crippen LogP contribution in [0.4, 0.5) is 0 Å². The maximum absolute atomic E-state index is 11.9. The van der Waals surface area contributed by atoms with Crippen LogP contribution in [-0.2, 0) is 24.1 Å². The van der Waals surface area contributed by atoms with Gasteiger partial charge in [0.25, 0.3) is 0 Å². The van der Waals surface area contributed by atoms with Crippen LogP contribution < -0.4 is 14.8 Å². The van der Waals surface area contributed by atoms with Gasteiger partial charge < -0.3 is 14.8 Å². The van der Waals surface area contributed by atoms with Crippen LogP contribution >= 0.6 is 0 Å². The third kappa shape index (κ3) is 4.28. The topological polar surface area (TPSA) is 47.6 Å². The first kappa shape index (κ1) is 16.4. The fourth-order valence-corrected chi connectivity index (χ4v) is 2.99. The Morgan fingerprint density at radius 3 is 2.58 bits per heavy atom. The van der Waals surface area contributed by atoms with Crippen LogP contribution in [0.15, 0.2) is 42.5 Å². The van der Waals surface area contributed by atoms with Crippen molar-refractivity contribution < 1.29 is 14.3 Å². The number of carbonyl (C=O) groups excluding carboxylic acids is 1. The number of hydrogen-bond donors (Lipinski definition) is 1. The summed E-state index contributed by atoms with van der Waals surface area (Å²) in [5, 5.41) is 2.89. The van der Waals surface area contributed by atoms with Gasteiger partial charge in [-0.3, -0.25) is 4.79 Å². The molecule has 2 aromatic rings. The Morgan fingerprint density at radius 2 is 1.79 bits per heavy atom. The molecule has 1 aliphatic rings. The van der Waals surface area contributed by atoms with Crippen LogP contribution in [0.25, 0.3) is 0 Å². The van der Waals surface area contributed by atoms with E-state index in [1.54, 1.807) is 7.11 Å². The maximum atomic E-state index is 11.9. The second-order valence-electron chi connectivity index (χ2n) is 6.01. The fourth-order valence-electron chi connectivity index (χ4n) is 2.99. The van der Waals surface area contributed by atoms with Crippen molar-refractivity contribution >= 4 is 5.91 Å². The second kappa shape index (κ2) is 7.86. The number of fused-ring (bicyclic) bond motifs is 1. The van der Waals surface area contributed by atoms with Crippen molar-refractivity contribution in [3.8, 4) is 11.5 Å². The predicted octanol–water partition coefficient (Wildman–Crippen LogP) is 2.92. The largest absolute Gasteiger partial charge is 0.497 e. The molecule has 0 saturated heterocycles. The summed E-state index contributed by atoms with van der Waals surface area (Å²) in [6.45, 7) is 0.985. The van der Waals surface area contributed by atoms with Gasteiger partial charge in [0.15, 0.2) is 0 Å². The Bertz CT molecular complexity index is 695. The van der Waals surface area contributed by atoms with E-state index in [4.69, 9.17) is 9.47 Å². The van der Waals surface area contributed by atoms with E-state index in [1.165, 1.54) is 24.0 Å². The number of hydrogen-bond acceptors (Lipinski definition) is 3. The van der Waals surface area contributed by atoms with Crippen molar-refractivity contribution in [3.63, 3.8) is 0 Å². The number of methoxy groups -OCH3 is 1. The number of ether oxygens (including phenoxy) is 2. The highest BCUT2D eigenvalue weighted by atomic mass is 16.5. The highest BCUT2D eigenvalue weighted by Gasteiger charge is 2.11. The van der Waals surface area contributed by atoms with Gasteiger partial charge >= 0.3 is 0 Å². The molecule has 0 unspecified atom stereocenters. The molecule has 0 bridgehead atoms. The average molecular weight is 325 g/mol. The molecule has 126 valence electrons. The maximum Gasteiger partial charge on any atom is 0.224 e. The Hall–Kier alpha value is -2.49. The molecular formula is C20H23NO3. The molecule has 4 heteroatoms. The monoisotopic (exact) mass is 325 g/mol. The lowest BCUT2D eigenvalue weighted by molar-refractivity contribution is -0.120. The quantitative estimate of drug-likeness (QED) is 0.796. The van der Waals surface area contributed by atoms with Crippen molar-refractivity contribution in [3.05, 3.63) is 59.2 Å². The van der Waals surface area contributed by atoms with Gasteiger partial charge in [-0.1, -0.05) is 18.2 Å². The van der Waals surface area contributed by atoms with Crippen LogP contribution in [0.5, 0.6) is 11.5 Å². The lowest BCUT2D eigenvalue weighted by Crippen LogP contribution is -2.29. The Morgan fingerprint density at radius 1 is 1.04 bits per heavy atom. The molecule has 0 radical (unpaired) electrons. The minimum Gasteiger partial charge on any atom is -0.497 e. The van der Waals surface area contributed by atoms with Crippen LogP contribution in [-0.4, -0.2) is 26.2 Å². The first-order valence-electron chi connectivity index (χ1n) is 8.39. The normalized spacial score (nSPS) is 12.5. The number of nitrogens with one attached hydrogen (secondary N) is 1. The van der Waals surface area contributed by atoms with Crippen LogP contribution in [0, 0.1) is 0 Å². The Labute approximate surface area is 142 Å². The van der Waals surface area contributed by atoms with Gasteiger partial charge in [0.1, 0.15) is 18.1 Å². The molecule has 3 rings (SSSR count). The number of amides is 1. The summed E-state index contributed by atoms with van der Waals surface area (Å²) in [5.74, 6) is 1.68. The van der Waals surface area contributed by atoms with Crippen molar-refractivity contribution in [1.82, 2.24) is 5.32 Å². The summed E-state index contributed by atoms with van der Waals surface area (Å²) < 4.78 is 10.8. The smallest absolute Gasteiger partial charge is 0.224 e. The number of aryl methyl sites for hydroxylation is 2. The van der Waals surface area contributed by atoms with Gasteiger partial charge in [-0.05, 0) is 60.2 Å². The van der Waals surface area contributed by atoms with E-state index in [2.05, 4.69) is 17.4 Å². The summed E-state index contributed by atoms with van der Waals surface area (Å²) in [6, 6.07) is 13.8. The number of rotatable bonds is 7. The summed E-state index contributed by atoms with van der Waals surface area (Å²) in [7, 11) is 1.63. The minimum atomic E-state index is -0.00211. The predicted molar refractivity (Wildman–Crippen MR) is 93.7 cm³/mol. The highest BCUT2D eigenvalue weighted by molar-refractivity contribution is 5.78. The lowest BCUT2D eigenvalue weighted by Gasteiger charge is -2.09. The molecule has 4 nitrogen and oxygen atoms in total.